The Morgan fingerprint density at radius 2 is 2.33 bits per heavy atom. The molecule has 0 fully saturated rings. The Kier molecular flexibility index (Phi) is 2.02. The van der Waals surface area contributed by atoms with Gasteiger partial charge < -0.3 is 5.11 Å². The van der Waals surface area contributed by atoms with Crippen LogP contribution in [0.25, 0.3) is 10.9 Å². The molecule has 1 aromatic carbocycles. The van der Waals surface area contributed by atoms with Crippen LogP contribution in [0.3, 0.4) is 0 Å². The molecule has 62 valence electrons. The second kappa shape index (κ2) is 3.02. The Morgan fingerprint density at radius 1 is 1.50 bits per heavy atom. The summed E-state index contributed by atoms with van der Waals surface area (Å²) < 4.78 is 1.74. The van der Waals surface area contributed by atoms with E-state index in [0.717, 1.165) is 16.5 Å². The molecule has 0 saturated carbocycles. The highest BCUT2D eigenvalue weighted by Crippen LogP contribution is 2.15. The lowest BCUT2D eigenvalue weighted by Gasteiger charge is -1.92. The molecule has 0 amide bonds. The SMILES string of the molecule is OCc1ccc2nn(I)cc2c1. The van der Waals surface area contributed by atoms with Crippen LogP contribution < -0.4 is 0 Å². The summed E-state index contributed by atoms with van der Waals surface area (Å²) in [6.07, 6.45) is 1.93. The topological polar surface area (TPSA) is 38.1 Å². The molecule has 0 aliphatic heterocycles. The third kappa shape index (κ3) is 1.32. The van der Waals surface area contributed by atoms with Gasteiger partial charge in [-0.05, 0) is 17.7 Å². The van der Waals surface area contributed by atoms with Crippen LogP contribution in [0.15, 0.2) is 24.4 Å². The Balaban J connectivity index is 2.66. The average molecular weight is 274 g/mol. The highest BCUT2D eigenvalue weighted by Gasteiger charge is 1.98. The average Bonchev–Trinajstić information content (AvgIpc) is 2.43. The van der Waals surface area contributed by atoms with Crippen LogP contribution in [-0.2, 0) is 6.61 Å². The first-order valence-corrected chi connectivity index (χ1v) is 4.51. The van der Waals surface area contributed by atoms with Gasteiger partial charge in [0.05, 0.1) is 35.0 Å². The van der Waals surface area contributed by atoms with Gasteiger partial charge in [-0.2, -0.15) is 5.10 Å². The first kappa shape index (κ1) is 8.00. The second-order valence-electron chi connectivity index (χ2n) is 2.57. The van der Waals surface area contributed by atoms with E-state index >= 15 is 0 Å². The minimum atomic E-state index is 0.0857. The maximum atomic E-state index is 8.87. The number of aromatic nitrogens is 2. The minimum Gasteiger partial charge on any atom is -0.392 e. The number of benzene rings is 1. The molecule has 1 N–H and O–H groups in total. The molecule has 0 bridgehead atoms. The Morgan fingerprint density at radius 3 is 3.08 bits per heavy atom. The first-order valence-electron chi connectivity index (χ1n) is 3.55. The van der Waals surface area contributed by atoms with Crippen molar-refractivity contribution in [3.63, 3.8) is 0 Å². The van der Waals surface area contributed by atoms with E-state index in [9.17, 15) is 0 Å². The smallest absolute Gasteiger partial charge is 0.0932 e. The van der Waals surface area contributed by atoms with Crippen LogP contribution in [0.4, 0.5) is 0 Å². The molecule has 0 atom stereocenters. The van der Waals surface area contributed by atoms with Crippen LogP contribution in [-0.4, -0.2) is 13.1 Å². The van der Waals surface area contributed by atoms with Crippen LogP contribution in [0.5, 0.6) is 0 Å². The van der Waals surface area contributed by atoms with Gasteiger partial charge in [0, 0.05) is 11.6 Å². The predicted molar refractivity (Wildman–Crippen MR) is 55.1 cm³/mol. The van der Waals surface area contributed by atoms with Gasteiger partial charge >= 0.3 is 0 Å². The van der Waals surface area contributed by atoms with E-state index in [0.29, 0.717) is 0 Å². The Bertz CT molecular complexity index is 410. The Labute approximate surface area is 83.5 Å². The van der Waals surface area contributed by atoms with Gasteiger partial charge in [-0.25, -0.2) is 2.90 Å². The van der Waals surface area contributed by atoms with Crippen LogP contribution in [0.2, 0.25) is 0 Å². The van der Waals surface area contributed by atoms with Crippen molar-refractivity contribution in [1.82, 2.24) is 7.99 Å². The highest BCUT2D eigenvalue weighted by molar-refractivity contribution is 14.1. The van der Waals surface area contributed by atoms with E-state index in [1.165, 1.54) is 0 Å². The molecule has 0 aliphatic rings. The van der Waals surface area contributed by atoms with Gasteiger partial charge in [0.15, 0.2) is 0 Å². The molecule has 2 rings (SSSR count). The van der Waals surface area contributed by atoms with Crippen molar-refractivity contribution >= 4 is 33.8 Å². The molecule has 0 radical (unpaired) electrons. The predicted octanol–water partition coefficient (Wildman–Crippen LogP) is 1.73. The normalized spacial score (nSPS) is 10.8. The van der Waals surface area contributed by atoms with Crippen molar-refractivity contribution < 1.29 is 5.11 Å². The zero-order valence-corrected chi connectivity index (χ0v) is 8.39. The summed E-state index contributed by atoms with van der Waals surface area (Å²) in [5.41, 5.74) is 1.88. The van der Waals surface area contributed by atoms with Gasteiger partial charge in [-0.15, -0.1) is 0 Å². The molecule has 0 unspecified atom stereocenters. The molecule has 0 spiro atoms. The van der Waals surface area contributed by atoms with Crippen molar-refractivity contribution in [2.24, 2.45) is 0 Å². The number of nitrogens with zero attached hydrogens (tertiary/aromatic N) is 2. The van der Waals surface area contributed by atoms with E-state index in [-0.39, 0.29) is 6.61 Å². The quantitative estimate of drug-likeness (QED) is 0.804. The lowest BCUT2D eigenvalue weighted by Crippen LogP contribution is -1.80. The summed E-state index contributed by atoms with van der Waals surface area (Å²) in [6.45, 7) is 0.0857. The fraction of sp³-hybridized carbons (Fsp3) is 0.125. The molecular weight excluding hydrogens is 267 g/mol. The van der Waals surface area contributed by atoms with E-state index in [2.05, 4.69) is 28.0 Å². The van der Waals surface area contributed by atoms with Gasteiger partial charge in [0.2, 0.25) is 0 Å². The zero-order valence-electron chi connectivity index (χ0n) is 6.24. The first-order chi connectivity index (χ1) is 5.79. The highest BCUT2D eigenvalue weighted by atomic mass is 127. The molecule has 1 heterocycles. The summed E-state index contributed by atoms with van der Waals surface area (Å²) in [7, 11) is 0. The molecule has 0 saturated heterocycles. The number of hydrogen-bond donors (Lipinski definition) is 1. The van der Waals surface area contributed by atoms with E-state index in [4.69, 9.17) is 5.11 Å². The summed E-state index contributed by atoms with van der Waals surface area (Å²) >= 11 is 2.10. The fourth-order valence-electron chi connectivity index (χ4n) is 1.14. The van der Waals surface area contributed by atoms with Crippen LogP contribution in [0, 0.1) is 0 Å². The van der Waals surface area contributed by atoms with Gasteiger partial charge in [0.1, 0.15) is 0 Å². The molecular formula is C8H7IN2O. The number of aliphatic hydroxyl groups is 1. The van der Waals surface area contributed by atoms with Crippen LogP contribution in [0.1, 0.15) is 5.56 Å². The van der Waals surface area contributed by atoms with Gasteiger partial charge in [0.25, 0.3) is 0 Å². The molecule has 1 aromatic heterocycles. The minimum absolute atomic E-state index is 0.0857. The van der Waals surface area contributed by atoms with Crippen molar-refractivity contribution in [2.75, 3.05) is 0 Å². The molecule has 2 aromatic rings. The van der Waals surface area contributed by atoms with E-state index in [1.54, 1.807) is 2.90 Å². The third-order valence-electron chi connectivity index (χ3n) is 1.72. The van der Waals surface area contributed by atoms with Gasteiger partial charge in [-0.3, -0.25) is 0 Å². The number of halogens is 1. The fourth-order valence-corrected chi connectivity index (χ4v) is 1.68. The van der Waals surface area contributed by atoms with E-state index in [1.807, 2.05) is 24.4 Å². The number of hydrogen-bond acceptors (Lipinski definition) is 2. The molecule has 4 heteroatoms. The maximum Gasteiger partial charge on any atom is 0.0932 e. The van der Waals surface area contributed by atoms with Crippen molar-refractivity contribution in [3.8, 4) is 0 Å². The van der Waals surface area contributed by atoms with E-state index < -0.39 is 0 Å². The summed E-state index contributed by atoms with van der Waals surface area (Å²) in [6, 6.07) is 5.74. The number of rotatable bonds is 1. The van der Waals surface area contributed by atoms with Crippen molar-refractivity contribution in [1.29, 1.82) is 0 Å². The van der Waals surface area contributed by atoms with Crippen molar-refractivity contribution in [3.05, 3.63) is 30.0 Å². The molecule has 0 aliphatic carbocycles. The van der Waals surface area contributed by atoms with Crippen molar-refractivity contribution in [2.45, 2.75) is 6.61 Å². The number of fused-ring (bicyclic) bond motifs is 1. The lowest BCUT2D eigenvalue weighted by molar-refractivity contribution is 0.282. The standard InChI is InChI=1S/C8H7IN2O/c9-11-4-7-3-6(5-12)1-2-8(7)10-11/h1-4,12H,5H2. The summed E-state index contributed by atoms with van der Waals surface area (Å²) in [4.78, 5) is 0. The largest absolute Gasteiger partial charge is 0.392 e. The zero-order chi connectivity index (χ0) is 8.55. The third-order valence-corrected chi connectivity index (χ3v) is 2.22. The second-order valence-corrected chi connectivity index (χ2v) is 3.56. The maximum absolute atomic E-state index is 8.87. The monoisotopic (exact) mass is 274 g/mol. The van der Waals surface area contributed by atoms with Gasteiger partial charge in [-0.1, -0.05) is 6.07 Å². The summed E-state index contributed by atoms with van der Waals surface area (Å²) in [5.74, 6) is 0. The molecule has 3 nitrogen and oxygen atoms in total. The lowest BCUT2D eigenvalue weighted by atomic mass is 10.2. The van der Waals surface area contributed by atoms with Crippen LogP contribution >= 0.6 is 22.9 Å². The number of aliphatic hydroxyl groups excluding tert-OH is 1. The Hall–Kier alpha value is -0.620. The molecule has 12 heavy (non-hydrogen) atoms. The summed E-state index contributed by atoms with van der Waals surface area (Å²) in [5, 5.41) is 14.2.